The van der Waals surface area contributed by atoms with Crippen LogP contribution in [0, 0.1) is 5.92 Å². The van der Waals surface area contributed by atoms with Gasteiger partial charge in [-0.1, -0.05) is 39.3 Å². The van der Waals surface area contributed by atoms with Gasteiger partial charge in [0.15, 0.2) is 5.79 Å². The minimum atomic E-state index is -0.957. The van der Waals surface area contributed by atoms with Crippen molar-refractivity contribution in [2.45, 2.75) is 71.2 Å². The van der Waals surface area contributed by atoms with Gasteiger partial charge >= 0.3 is 0 Å². The molecule has 0 saturated carbocycles. The van der Waals surface area contributed by atoms with Crippen molar-refractivity contribution in [3.63, 3.8) is 0 Å². The molecule has 0 aromatic rings. The number of rotatable bonds is 5. The molecular formula is C14H26O2. The first-order valence-corrected chi connectivity index (χ1v) is 6.60. The van der Waals surface area contributed by atoms with Crippen molar-refractivity contribution in [1.29, 1.82) is 0 Å². The van der Waals surface area contributed by atoms with E-state index in [9.17, 15) is 5.11 Å². The average Bonchev–Trinajstić information content (AvgIpc) is 2.51. The summed E-state index contributed by atoms with van der Waals surface area (Å²) in [6, 6.07) is 0. The zero-order valence-electron chi connectivity index (χ0n) is 11.1. The molecule has 0 aromatic heterocycles. The summed E-state index contributed by atoms with van der Waals surface area (Å²) in [4.78, 5) is 0. The van der Waals surface area contributed by atoms with E-state index in [1.807, 2.05) is 0 Å². The van der Waals surface area contributed by atoms with E-state index in [0.29, 0.717) is 0 Å². The molecule has 0 aliphatic carbocycles. The molecule has 16 heavy (non-hydrogen) atoms. The lowest BCUT2D eigenvalue weighted by Crippen LogP contribution is -2.33. The number of hydrogen-bond acceptors (Lipinski definition) is 2. The lowest BCUT2D eigenvalue weighted by molar-refractivity contribution is -0.216. The Morgan fingerprint density at radius 3 is 2.50 bits per heavy atom. The van der Waals surface area contributed by atoms with Gasteiger partial charge in [0, 0.05) is 5.92 Å². The minimum Gasteiger partial charge on any atom is -0.365 e. The zero-order chi connectivity index (χ0) is 12.2. The maximum atomic E-state index is 10.2. The predicted octanol–water partition coefficient (Wildman–Crippen LogP) is 3.65. The molecular weight excluding hydrogens is 200 g/mol. The van der Waals surface area contributed by atoms with E-state index in [2.05, 4.69) is 32.9 Å². The highest BCUT2D eigenvalue weighted by Gasteiger charge is 2.49. The molecule has 0 radical (unpaired) electrons. The van der Waals surface area contributed by atoms with Gasteiger partial charge in [-0.05, 0) is 32.6 Å². The normalized spacial score (nSPS) is 39.7. The molecule has 0 aromatic carbocycles. The molecule has 0 bridgehead atoms. The number of hydrogen-bond donors (Lipinski definition) is 1. The molecule has 1 heterocycles. The maximum Gasteiger partial charge on any atom is 0.166 e. The molecule has 0 spiro atoms. The zero-order valence-corrected chi connectivity index (χ0v) is 11.1. The Kier molecular flexibility index (Phi) is 4.57. The molecule has 3 unspecified atom stereocenters. The van der Waals surface area contributed by atoms with E-state index in [0.717, 1.165) is 32.1 Å². The second-order valence-electron chi connectivity index (χ2n) is 5.08. The molecule has 2 heteroatoms. The summed E-state index contributed by atoms with van der Waals surface area (Å²) in [5, 5.41) is 10.2. The Hall–Kier alpha value is -0.340. The van der Waals surface area contributed by atoms with E-state index in [1.54, 1.807) is 6.92 Å². The van der Waals surface area contributed by atoms with Crippen LogP contribution >= 0.6 is 0 Å². The summed E-state index contributed by atoms with van der Waals surface area (Å²) in [7, 11) is 0. The van der Waals surface area contributed by atoms with Crippen molar-refractivity contribution < 1.29 is 9.84 Å². The van der Waals surface area contributed by atoms with Crippen LogP contribution in [-0.2, 0) is 4.74 Å². The number of unbranched alkanes of at least 4 members (excludes halogenated alkanes) is 1. The predicted molar refractivity (Wildman–Crippen MR) is 67.2 cm³/mol. The van der Waals surface area contributed by atoms with Crippen molar-refractivity contribution >= 4 is 0 Å². The van der Waals surface area contributed by atoms with Gasteiger partial charge in [-0.25, -0.2) is 0 Å². The SMILES string of the molecule is CCCC=CC1(CC)CC(CC)C(C)(O)O1. The van der Waals surface area contributed by atoms with Crippen LogP contribution < -0.4 is 0 Å². The number of ether oxygens (including phenoxy) is 1. The summed E-state index contributed by atoms with van der Waals surface area (Å²) >= 11 is 0. The monoisotopic (exact) mass is 226 g/mol. The van der Waals surface area contributed by atoms with Crippen LogP contribution in [0.2, 0.25) is 0 Å². The molecule has 2 nitrogen and oxygen atoms in total. The van der Waals surface area contributed by atoms with E-state index in [-0.39, 0.29) is 11.5 Å². The van der Waals surface area contributed by atoms with Gasteiger partial charge in [0.2, 0.25) is 0 Å². The lowest BCUT2D eigenvalue weighted by Gasteiger charge is -2.27. The highest BCUT2D eigenvalue weighted by atomic mass is 16.6. The Balaban J connectivity index is 2.76. The Labute approximate surface area is 99.7 Å². The van der Waals surface area contributed by atoms with Gasteiger partial charge in [0.1, 0.15) is 0 Å². The van der Waals surface area contributed by atoms with Crippen LogP contribution in [0.3, 0.4) is 0 Å². The van der Waals surface area contributed by atoms with Gasteiger partial charge in [0.05, 0.1) is 5.60 Å². The summed E-state index contributed by atoms with van der Waals surface area (Å²) in [6.45, 7) is 8.21. The Morgan fingerprint density at radius 1 is 1.38 bits per heavy atom. The highest BCUT2D eigenvalue weighted by Crippen LogP contribution is 2.45. The van der Waals surface area contributed by atoms with Crippen molar-refractivity contribution in [2.75, 3.05) is 0 Å². The largest absolute Gasteiger partial charge is 0.365 e. The molecule has 1 N–H and O–H groups in total. The van der Waals surface area contributed by atoms with Gasteiger partial charge in [-0.2, -0.15) is 0 Å². The summed E-state index contributed by atoms with van der Waals surface area (Å²) in [5.41, 5.74) is -0.237. The molecule has 1 saturated heterocycles. The third kappa shape index (κ3) is 2.86. The Bertz CT molecular complexity index is 245. The van der Waals surface area contributed by atoms with Crippen molar-refractivity contribution in [3.8, 4) is 0 Å². The first kappa shape index (κ1) is 13.7. The molecule has 1 aliphatic heterocycles. The fourth-order valence-electron chi connectivity index (χ4n) is 2.57. The quantitative estimate of drug-likeness (QED) is 0.725. The van der Waals surface area contributed by atoms with Gasteiger partial charge in [-0.15, -0.1) is 0 Å². The highest BCUT2D eigenvalue weighted by molar-refractivity contribution is 5.08. The van der Waals surface area contributed by atoms with Crippen LogP contribution in [0.4, 0.5) is 0 Å². The summed E-state index contributed by atoms with van der Waals surface area (Å²) < 4.78 is 5.90. The third-order valence-corrected chi connectivity index (χ3v) is 3.73. The van der Waals surface area contributed by atoms with Crippen LogP contribution in [0.15, 0.2) is 12.2 Å². The third-order valence-electron chi connectivity index (χ3n) is 3.73. The first-order valence-electron chi connectivity index (χ1n) is 6.60. The van der Waals surface area contributed by atoms with Crippen molar-refractivity contribution in [2.24, 2.45) is 5.92 Å². The second kappa shape index (κ2) is 5.33. The smallest absolute Gasteiger partial charge is 0.166 e. The maximum absolute atomic E-state index is 10.2. The fraction of sp³-hybridized carbons (Fsp3) is 0.857. The van der Waals surface area contributed by atoms with Crippen LogP contribution in [0.1, 0.15) is 59.8 Å². The molecule has 0 amide bonds. The summed E-state index contributed by atoms with van der Waals surface area (Å²) in [5.74, 6) is -0.708. The molecule has 1 rings (SSSR count). The number of aliphatic hydroxyl groups is 1. The van der Waals surface area contributed by atoms with E-state index < -0.39 is 5.79 Å². The van der Waals surface area contributed by atoms with Gasteiger partial charge in [0.25, 0.3) is 0 Å². The van der Waals surface area contributed by atoms with Gasteiger partial charge in [-0.3, -0.25) is 0 Å². The number of allylic oxidation sites excluding steroid dienone is 1. The van der Waals surface area contributed by atoms with Crippen molar-refractivity contribution in [3.05, 3.63) is 12.2 Å². The molecule has 94 valence electrons. The van der Waals surface area contributed by atoms with Crippen LogP contribution in [-0.4, -0.2) is 16.5 Å². The first-order chi connectivity index (χ1) is 7.49. The molecule has 1 aliphatic rings. The minimum absolute atomic E-state index is 0.237. The molecule has 3 atom stereocenters. The standard InChI is InChI=1S/C14H26O2/c1-5-8-9-10-14(7-3)11-12(6-2)13(4,15)16-14/h9-10,12,15H,5-8,11H2,1-4H3. The summed E-state index contributed by atoms with van der Waals surface area (Å²) in [6.07, 6.45) is 9.44. The van der Waals surface area contributed by atoms with Crippen LogP contribution in [0.5, 0.6) is 0 Å². The topological polar surface area (TPSA) is 29.5 Å². The Morgan fingerprint density at radius 2 is 2.06 bits per heavy atom. The van der Waals surface area contributed by atoms with E-state index in [1.165, 1.54) is 0 Å². The average molecular weight is 226 g/mol. The lowest BCUT2D eigenvalue weighted by atomic mass is 9.87. The van der Waals surface area contributed by atoms with Crippen molar-refractivity contribution in [1.82, 2.24) is 0 Å². The van der Waals surface area contributed by atoms with E-state index >= 15 is 0 Å². The van der Waals surface area contributed by atoms with Crippen LogP contribution in [0.25, 0.3) is 0 Å². The second-order valence-corrected chi connectivity index (χ2v) is 5.08. The van der Waals surface area contributed by atoms with E-state index in [4.69, 9.17) is 4.74 Å². The molecule has 1 fully saturated rings. The fourth-order valence-corrected chi connectivity index (χ4v) is 2.57. The van der Waals surface area contributed by atoms with Gasteiger partial charge < -0.3 is 9.84 Å².